The van der Waals surface area contributed by atoms with Gasteiger partial charge in [-0.2, -0.15) is 0 Å². The molecule has 0 amide bonds. The maximum atomic E-state index is 13.8. The van der Waals surface area contributed by atoms with Crippen LogP contribution in [0.5, 0.6) is 0 Å². The van der Waals surface area contributed by atoms with Crippen molar-refractivity contribution in [2.75, 3.05) is 7.05 Å². The fraction of sp³-hybridized carbons (Fsp3) is 0.250. The Balaban J connectivity index is 2.23. The lowest BCUT2D eigenvalue weighted by Gasteiger charge is -2.16. The molecule has 17 heavy (non-hydrogen) atoms. The van der Waals surface area contributed by atoms with E-state index in [2.05, 4.69) is 31.2 Å². The summed E-state index contributed by atoms with van der Waals surface area (Å²) in [7, 11) is 1.81. The number of hydrogen-bond donors (Lipinski definition) is 2. The Kier molecular flexibility index (Phi) is 3.91. The molecule has 1 unspecified atom stereocenters. The Morgan fingerprint density at radius 3 is 2.94 bits per heavy atom. The molecule has 3 nitrogen and oxygen atoms in total. The zero-order valence-corrected chi connectivity index (χ0v) is 11.0. The van der Waals surface area contributed by atoms with E-state index in [1.165, 1.54) is 6.07 Å². The maximum absolute atomic E-state index is 13.8. The van der Waals surface area contributed by atoms with E-state index < -0.39 is 0 Å². The predicted octanol–water partition coefficient (Wildman–Crippen LogP) is 2.81. The van der Waals surface area contributed by atoms with Gasteiger partial charge >= 0.3 is 0 Å². The number of nitrogens with zero attached hydrogens (tertiary/aromatic N) is 1. The minimum absolute atomic E-state index is 0.0887. The highest BCUT2D eigenvalue weighted by atomic mass is 79.9. The van der Waals surface area contributed by atoms with Crippen molar-refractivity contribution < 1.29 is 4.39 Å². The highest BCUT2D eigenvalue weighted by molar-refractivity contribution is 9.10. The standard InChI is InChI=1S/C12H13BrFN3/c1-15-11(7-12-16-4-5-17-12)9-3-2-8(13)6-10(9)14/h2-6,11,15H,7H2,1H3,(H,16,17). The van der Waals surface area contributed by atoms with Crippen molar-refractivity contribution in [1.82, 2.24) is 15.3 Å². The molecule has 0 saturated carbocycles. The predicted molar refractivity (Wildman–Crippen MR) is 68.2 cm³/mol. The number of hydrogen-bond acceptors (Lipinski definition) is 2. The van der Waals surface area contributed by atoms with Crippen molar-refractivity contribution in [1.29, 1.82) is 0 Å². The Morgan fingerprint density at radius 2 is 2.35 bits per heavy atom. The lowest BCUT2D eigenvalue weighted by molar-refractivity contribution is 0.526. The average Bonchev–Trinajstić information content (AvgIpc) is 2.79. The number of likely N-dealkylation sites (N-methyl/N-ethyl adjacent to an activating group) is 1. The van der Waals surface area contributed by atoms with Crippen LogP contribution in [0.3, 0.4) is 0 Å². The first-order valence-electron chi connectivity index (χ1n) is 5.31. The molecular weight excluding hydrogens is 285 g/mol. The number of halogens is 2. The van der Waals surface area contributed by atoms with Crippen molar-refractivity contribution in [2.24, 2.45) is 0 Å². The van der Waals surface area contributed by atoms with E-state index in [4.69, 9.17) is 0 Å². The average molecular weight is 298 g/mol. The van der Waals surface area contributed by atoms with Gasteiger partial charge in [-0.1, -0.05) is 22.0 Å². The number of benzene rings is 1. The van der Waals surface area contributed by atoms with Gasteiger partial charge in [0.05, 0.1) is 0 Å². The minimum atomic E-state index is -0.217. The summed E-state index contributed by atoms with van der Waals surface area (Å²) in [5.41, 5.74) is 0.645. The van der Waals surface area contributed by atoms with Gasteiger partial charge in [-0.25, -0.2) is 9.37 Å². The van der Waals surface area contributed by atoms with Gasteiger partial charge in [0, 0.05) is 34.9 Å². The van der Waals surface area contributed by atoms with E-state index in [-0.39, 0.29) is 11.9 Å². The van der Waals surface area contributed by atoms with E-state index in [1.807, 2.05) is 13.1 Å². The van der Waals surface area contributed by atoms with Crippen molar-refractivity contribution >= 4 is 15.9 Å². The summed E-state index contributed by atoms with van der Waals surface area (Å²) in [6.07, 6.45) is 4.09. The molecule has 2 N–H and O–H groups in total. The highest BCUT2D eigenvalue weighted by Crippen LogP contribution is 2.22. The maximum Gasteiger partial charge on any atom is 0.129 e. The first-order chi connectivity index (χ1) is 8.20. The van der Waals surface area contributed by atoms with Gasteiger partial charge in [0.25, 0.3) is 0 Å². The second-order valence-corrected chi connectivity index (χ2v) is 4.66. The Hall–Kier alpha value is -1.20. The molecule has 1 aromatic carbocycles. The first kappa shape index (κ1) is 12.3. The van der Waals surface area contributed by atoms with Gasteiger partial charge < -0.3 is 10.3 Å². The summed E-state index contributed by atoms with van der Waals surface area (Å²) >= 11 is 3.25. The molecule has 0 aliphatic rings. The molecule has 1 aromatic heterocycles. The fourth-order valence-electron chi connectivity index (χ4n) is 1.75. The molecule has 0 aliphatic carbocycles. The van der Waals surface area contributed by atoms with E-state index in [9.17, 15) is 4.39 Å². The van der Waals surface area contributed by atoms with Gasteiger partial charge in [-0.05, 0) is 19.2 Å². The van der Waals surface area contributed by atoms with Gasteiger partial charge in [-0.15, -0.1) is 0 Å². The minimum Gasteiger partial charge on any atom is -0.349 e. The Labute approximate surface area is 108 Å². The number of nitrogens with one attached hydrogen (secondary N) is 2. The summed E-state index contributed by atoms with van der Waals surface area (Å²) in [6.45, 7) is 0. The quantitative estimate of drug-likeness (QED) is 0.911. The van der Waals surface area contributed by atoms with Crippen molar-refractivity contribution in [3.05, 3.63) is 52.3 Å². The largest absolute Gasteiger partial charge is 0.349 e. The van der Waals surface area contributed by atoms with E-state index in [0.29, 0.717) is 12.0 Å². The molecule has 2 rings (SSSR count). The van der Waals surface area contributed by atoms with Crippen LogP contribution in [0.2, 0.25) is 0 Å². The zero-order chi connectivity index (χ0) is 12.3. The van der Waals surface area contributed by atoms with Crippen molar-refractivity contribution in [3.63, 3.8) is 0 Å². The third-order valence-corrected chi connectivity index (χ3v) is 3.13. The van der Waals surface area contributed by atoms with Crippen LogP contribution in [0, 0.1) is 5.82 Å². The number of imidazole rings is 1. The molecule has 0 fully saturated rings. The molecule has 0 spiro atoms. The summed E-state index contributed by atoms with van der Waals surface area (Å²) in [5.74, 6) is 0.622. The summed E-state index contributed by atoms with van der Waals surface area (Å²) in [6, 6.07) is 5.00. The van der Waals surface area contributed by atoms with Gasteiger partial charge in [0.15, 0.2) is 0 Å². The molecule has 0 radical (unpaired) electrons. The SMILES string of the molecule is CNC(Cc1ncc[nH]1)c1ccc(Br)cc1F. The molecule has 0 aliphatic heterocycles. The summed E-state index contributed by atoms with van der Waals surface area (Å²) in [5, 5.41) is 3.10. The van der Waals surface area contributed by atoms with Gasteiger partial charge in [0.2, 0.25) is 0 Å². The molecule has 90 valence electrons. The third-order valence-electron chi connectivity index (χ3n) is 2.64. The Morgan fingerprint density at radius 1 is 1.53 bits per heavy atom. The van der Waals surface area contributed by atoms with Gasteiger partial charge in [-0.3, -0.25) is 0 Å². The molecule has 2 aromatic rings. The third kappa shape index (κ3) is 2.92. The van der Waals surface area contributed by atoms with E-state index in [0.717, 1.165) is 10.3 Å². The normalized spacial score (nSPS) is 12.6. The summed E-state index contributed by atoms with van der Waals surface area (Å²) in [4.78, 5) is 7.17. The molecule has 5 heteroatoms. The second kappa shape index (κ2) is 5.42. The Bertz CT molecular complexity index is 485. The van der Waals surface area contributed by atoms with Crippen LogP contribution in [0.4, 0.5) is 4.39 Å². The fourth-order valence-corrected chi connectivity index (χ4v) is 2.09. The molecule has 1 atom stereocenters. The van der Waals surface area contributed by atoms with Crippen LogP contribution in [0.1, 0.15) is 17.4 Å². The monoisotopic (exact) mass is 297 g/mol. The van der Waals surface area contributed by atoms with Crippen LogP contribution in [0.25, 0.3) is 0 Å². The smallest absolute Gasteiger partial charge is 0.129 e. The molecule has 0 bridgehead atoms. The molecule has 0 saturated heterocycles. The highest BCUT2D eigenvalue weighted by Gasteiger charge is 2.15. The van der Waals surface area contributed by atoms with Crippen molar-refractivity contribution in [3.8, 4) is 0 Å². The number of aromatic amines is 1. The number of rotatable bonds is 4. The van der Waals surface area contributed by atoms with Gasteiger partial charge in [0.1, 0.15) is 11.6 Å². The lowest BCUT2D eigenvalue weighted by atomic mass is 10.0. The van der Waals surface area contributed by atoms with Crippen LogP contribution in [-0.2, 0) is 6.42 Å². The number of aromatic nitrogens is 2. The molecule has 1 heterocycles. The lowest BCUT2D eigenvalue weighted by Crippen LogP contribution is -2.20. The van der Waals surface area contributed by atoms with Crippen LogP contribution in [-0.4, -0.2) is 17.0 Å². The first-order valence-corrected chi connectivity index (χ1v) is 6.10. The second-order valence-electron chi connectivity index (χ2n) is 3.75. The van der Waals surface area contributed by atoms with E-state index >= 15 is 0 Å². The van der Waals surface area contributed by atoms with E-state index in [1.54, 1.807) is 18.5 Å². The van der Waals surface area contributed by atoms with Crippen LogP contribution in [0.15, 0.2) is 35.1 Å². The number of H-pyrrole nitrogens is 1. The van der Waals surface area contributed by atoms with Crippen molar-refractivity contribution in [2.45, 2.75) is 12.5 Å². The summed E-state index contributed by atoms with van der Waals surface area (Å²) < 4.78 is 14.6. The molecular formula is C12H13BrFN3. The van der Waals surface area contributed by atoms with Crippen LogP contribution < -0.4 is 5.32 Å². The zero-order valence-electron chi connectivity index (χ0n) is 9.37. The van der Waals surface area contributed by atoms with Crippen LogP contribution >= 0.6 is 15.9 Å². The topological polar surface area (TPSA) is 40.7 Å².